The van der Waals surface area contributed by atoms with Gasteiger partial charge in [0.15, 0.2) is 11.5 Å². The number of benzene rings is 1. The number of phenols is 1. The molecular formula is C14H13IN6O3. The molecule has 1 aliphatic heterocycles. The lowest BCUT2D eigenvalue weighted by Crippen LogP contribution is -2.22. The molecular weight excluding hydrogens is 427 g/mol. The van der Waals surface area contributed by atoms with Gasteiger partial charge >= 0.3 is 0 Å². The van der Waals surface area contributed by atoms with Crippen molar-refractivity contribution in [2.45, 2.75) is 13.8 Å². The molecule has 3 rings (SSSR count). The number of hydrogen-bond acceptors (Lipinski definition) is 7. The average Bonchev–Trinajstić information content (AvgIpc) is 3.16. The van der Waals surface area contributed by atoms with Crippen LogP contribution in [0.25, 0.3) is 6.08 Å². The number of tetrazole rings is 1. The van der Waals surface area contributed by atoms with Gasteiger partial charge in [0.1, 0.15) is 0 Å². The highest BCUT2D eigenvalue weighted by molar-refractivity contribution is 14.1. The second kappa shape index (κ2) is 6.55. The topological polar surface area (TPSA) is 117 Å². The smallest absolute Gasteiger partial charge is 0.293 e. The summed E-state index contributed by atoms with van der Waals surface area (Å²) in [4.78, 5) is 12.5. The standard InChI is InChI=1S/C14H13IN6O3/c1-3-24-11-6-8(5-10(15)12(11)22)4-9-7(2)18-21(13(9)23)14-16-19-20-17-14/h4-6,22H,3H2,1-2H3,(H,16,17,19,20)/b9-4-. The minimum Gasteiger partial charge on any atom is -0.504 e. The lowest BCUT2D eigenvalue weighted by Gasteiger charge is -2.09. The Bertz CT molecular complexity index is 846. The van der Waals surface area contributed by atoms with E-state index in [1.165, 1.54) is 0 Å². The number of phenolic OH excluding ortho intramolecular Hbond substituents is 1. The van der Waals surface area contributed by atoms with Crippen molar-refractivity contribution in [3.8, 4) is 11.5 Å². The Morgan fingerprint density at radius 2 is 2.25 bits per heavy atom. The Balaban J connectivity index is 1.97. The summed E-state index contributed by atoms with van der Waals surface area (Å²) in [7, 11) is 0. The molecule has 0 fully saturated rings. The molecule has 124 valence electrons. The maximum absolute atomic E-state index is 12.5. The number of rotatable bonds is 4. The highest BCUT2D eigenvalue weighted by Gasteiger charge is 2.31. The van der Waals surface area contributed by atoms with Crippen LogP contribution in [0.3, 0.4) is 0 Å². The summed E-state index contributed by atoms with van der Waals surface area (Å²) in [6.07, 6.45) is 1.69. The summed E-state index contributed by atoms with van der Waals surface area (Å²) < 4.78 is 6.04. The number of H-pyrrole nitrogens is 1. The molecule has 0 radical (unpaired) electrons. The van der Waals surface area contributed by atoms with Crippen molar-refractivity contribution < 1.29 is 14.6 Å². The Morgan fingerprint density at radius 3 is 2.92 bits per heavy atom. The van der Waals surface area contributed by atoms with Crippen LogP contribution >= 0.6 is 22.6 Å². The molecule has 0 atom stereocenters. The predicted molar refractivity (Wildman–Crippen MR) is 94.7 cm³/mol. The van der Waals surface area contributed by atoms with Crippen molar-refractivity contribution in [1.29, 1.82) is 0 Å². The zero-order chi connectivity index (χ0) is 17.3. The first-order valence-corrected chi connectivity index (χ1v) is 8.09. The Morgan fingerprint density at radius 1 is 1.46 bits per heavy atom. The van der Waals surface area contributed by atoms with E-state index in [9.17, 15) is 9.90 Å². The number of amides is 1. The van der Waals surface area contributed by atoms with Gasteiger partial charge in [0, 0.05) is 0 Å². The number of ether oxygens (including phenoxy) is 1. The first-order valence-electron chi connectivity index (χ1n) is 7.01. The number of nitrogens with zero attached hydrogens (tertiary/aromatic N) is 5. The van der Waals surface area contributed by atoms with Crippen LogP contribution in [0.2, 0.25) is 0 Å². The van der Waals surface area contributed by atoms with Crippen molar-refractivity contribution >= 4 is 46.2 Å². The molecule has 2 heterocycles. The Labute approximate surface area is 150 Å². The van der Waals surface area contributed by atoms with Crippen LogP contribution in [-0.2, 0) is 4.79 Å². The van der Waals surface area contributed by atoms with Crippen LogP contribution in [0.5, 0.6) is 11.5 Å². The van der Waals surface area contributed by atoms with Gasteiger partial charge in [-0.3, -0.25) is 4.79 Å². The summed E-state index contributed by atoms with van der Waals surface area (Å²) in [5.41, 5.74) is 1.66. The number of carbonyl (C=O) groups is 1. The molecule has 9 nitrogen and oxygen atoms in total. The first-order chi connectivity index (χ1) is 11.5. The number of anilines is 1. The number of aromatic amines is 1. The van der Waals surface area contributed by atoms with Gasteiger partial charge in [0.25, 0.3) is 11.9 Å². The fourth-order valence-electron chi connectivity index (χ4n) is 2.18. The van der Waals surface area contributed by atoms with Crippen LogP contribution in [-0.4, -0.2) is 44.0 Å². The van der Waals surface area contributed by atoms with Gasteiger partial charge in [0.2, 0.25) is 0 Å². The molecule has 2 N–H and O–H groups in total. The van der Waals surface area contributed by atoms with E-state index in [0.29, 0.717) is 32.8 Å². The van der Waals surface area contributed by atoms with Crippen LogP contribution in [0.4, 0.5) is 5.95 Å². The summed E-state index contributed by atoms with van der Waals surface area (Å²) >= 11 is 2.01. The minimum absolute atomic E-state index is 0.0798. The quantitative estimate of drug-likeness (QED) is 0.553. The second-order valence-corrected chi connectivity index (χ2v) is 6.02. The van der Waals surface area contributed by atoms with E-state index in [2.05, 4.69) is 25.7 Å². The van der Waals surface area contributed by atoms with Gasteiger partial charge in [0.05, 0.1) is 21.5 Å². The molecule has 0 spiro atoms. The molecule has 10 heteroatoms. The third kappa shape index (κ3) is 2.96. The van der Waals surface area contributed by atoms with Gasteiger partial charge in [-0.15, -0.1) is 5.10 Å². The molecule has 24 heavy (non-hydrogen) atoms. The lowest BCUT2D eigenvalue weighted by atomic mass is 10.1. The Hall–Kier alpha value is -2.50. The minimum atomic E-state index is -0.352. The predicted octanol–water partition coefficient (Wildman–Crippen LogP) is 1.71. The number of hydrazone groups is 1. The van der Waals surface area contributed by atoms with E-state index in [-0.39, 0.29) is 17.6 Å². The van der Waals surface area contributed by atoms with Crippen LogP contribution in [0.15, 0.2) is 22.8 Å². The molecule has 0 aliphatic carbocycles. The summed E-state index contributed by atoms with van der Waals surface area (Å²) in [6, 6.07) is 3.43. The average molecular weight is 440 g/mol. The normalized spacial score (nSPS) is 16.0. The molecule has 0 unspecified atom stereocenters. The maximum Gasteiger partial charge on any atom is 0.293 e. The highest BCUT2D eigenvalue weighted by atomic mass is 127. The second-order valence-electron chi connectivity index (χ2n) is 4.85. The van der Waals surface area contributed by atoms with Crippen LogP contribution < -0.4 is 9.75 Å². The SMILES string of the molecule is CCOc1cc(/C=C2\C(=O)N(c3nn[nH]n3)N=C2C)cc(I)c1O. The van der Waals surface area contributed by atoms with E-state index in [4.69, 9.17) is 4.74 Å². The number of nitrogens with one attached hydrogen (secondary N) is 1. The summed E-state index contributed by atoms with van der Waals surface area (Å²) in [6.45, 7) is 3.98. The third-order valence-corrected chi connectivity index (χ3v) is 4.07. The molecule has 0 bridgehead atoms. The highest BCUT2D eigenvalue weighted by Crippen LogP contribution is 2.34. The van der Waals surface area contributed by atoms with Gasteiger partial charge in [-0.1, -0.05) is 5.10 Å². The molecule has 1 aromatic carbocycles. The molecule has 1 amide bonds. The van der Waals surface area contributed by atoms with E-state index in [0.717, 1.165) is 5.01 Å². The number of carbonyl (C=O) groups excluding carboxylic acids is 1. The third-order valence-electron chi connectivity index (χ3n) is 3.25. The molecule has 1 aromatic heterocycles. The van der Waals surface area contributed by atoms with Gasteiger partial charge in [-0.05, 0) is 65.4 Å². The zero-order valence-corrected chi connectivity index (χ0v) is 15.0. The number of hydrogen-bond donors (Lipinski definition) is 2. The largest absolute Gasteiger partial charge is 0.504 e. The monoisotopic (exact) mass is 440 g/mol. The first kappa shape index (κ1) is 16.4. The summed E-state index contributed by atoms with van der Waals surface area (Å²) in [5.74, 6) is 0.176. The van der Waals surface area contributed by atoms with Crippen molar-refractivity contribution in [3.05, 3.63) is 26.8 Å². The van der Waals surface area contributed by atoms with E-state index in [1.54, 1.807) is 25.1 Å². The lowest BCUT2D eigenvalue weighted by molar-refractivity contribution is -0.114. The molecule has 2 aromatic rings. The van der Waals surface area contributed by atoms with Crippen molar-refractivity contribution in [3.63, 3.8) is 0 Å². The van der Waals surface area contributed by atoms with Crippen LogP contribution in [0, 0.1) is 3.57 Å². The number of aromatic nitrogens is 4. The van der Waals surface area contributed by atoms with Crippen molar-refractivity contribution in [1.82, 2.24) is 20.6 Å². The zero-order valence-electron chi connectivity index (χ0n) is 12.8. The maximum atomic E-state index is 12.5. The van der Waals surface area contributed by atoms with Crippen molar-refractivity contribution in [2.75, 3.05) is 11.6 Å². The fourth-order valence-corrected chi connectivity index (χ4v) is 2.80. The number of aromatic hydroxyl groups is 1. The molecule has 1 aliphatic rings. The van der Waals surface area contributed by atoms with E-state index >= 15 is 0 Å². The molecule has 0 saturated carbocycles. The summed E-state index contributed by atoms with van der Waals surface area (Å²) in [5, 5.41) is 28.5. The fraction of sp³-hybridized carbons (Fsp3) is 0.214. The number of halogens is 1. The van der Waals surface area contributed by atoms with Gasteiger partial charge in [-0.25, -0.2) is 0 Å². The van der Waals surface area contributed by atoms with Crippen molar-refractivity contribution in [2.24, 2.45) is 5.10 Å². The van der Waals surface area contributed by atoms with E-state index in [1.807, 2.05) is 29.5 Å². The Kier molecular flexibility index (Phi) is 4.46. The molecule has 0 saturated heterocycles. The van der Waals surface area contributed by atoms with Crippen LogP contribution in [0.1, 0.15) is 19.4 Å². The van der Waals surface area contributed by atoms with Gasteiger partial charge < -0.3 is 9.84 Å². The van der Waals surface area contributed by atoms with Gasteiger partial charge in [-0.2, -0.15) is 15.3 Å². The van der Waals surface area contributed by atoms with E-state index < -0.39 is 0 Å².